The van der Waals surface area contributed by atoms with Crippen LogP contribution in [0.4, 0.5) is 0 Å². The van der Waals surface area contributed by atoms with Crippen molar-refractivity contribution in [3.63, 3.8) is 0 Å². The van der Waals surface area contributed by atoms with Gasteiger partial charge in [0.05, 0.1) is 23.7 Å². The van der Waals surface area contributed by atoms with Crippen molar-refractivity contribution in [1.29, 1.82) is 0 Å². The topological polar surface area (TPSA) is 75.7 Å². The number of benzene rings is 2. The first-order valence-electron chi connectivity index (χ1n) is 10.0. The largest absolute Gasteiger partial charge is 0.378 e. The number of nitrogens with zero attached hydrogens (tertiary/aromatic N) is 1. The molecule has 30 heavy (non-hydrogen) atoms. The Morgan fingerprint density at radius 3 is 2.53 bits per heavy atom. The van der Waals surface area contributed by atoms with Crippen molar-refractivity contribution in [2.24, 2.45) is 0 Å². The zero-order valence-corrected chi connectivity index (χ0v) is 19.0. The molecule has 0 aliphatic carbocycles. The predicted octanol–water partition coefficient (Wildman–Crippen LogP) is 3.18. The van der Waals surface area contributed by atoms with Crippen LogP contribution in [0.5, 0.6) is 0 Å². The Morgan fingerprint density at radius 1 is 1.17 bits per heavy atom. The monoisotopic (exact) mass is 448 g/mol. The molecule has 6 nitrogen and oxygen atoms in total. The lowest BCUT2D eigenvalue weighted by molar-refractivity contribution is 0.0300. The van der Waals surface area contributed by atoms with Gasteiger partial charge in [-0.1, -0.05) is 30.3 Å². The van der Waals surface area contributed by atoms with Crippen LogP contribution < -0.4 is 4.72 Å². The van der Waals surface area contributed by atoms with Crippen molar-refractivity contribution in [1.82, 2.24) is 9.62 Å². The molecular formula is C22H28N2O4S2. The Balaban J connectivity index is 1.73. The van der Waals surface area contributed by atoms with E-state index in [4.69, 9.17) is 4.74 Å². The Morgan fingerprint density at radius 2 is 1.87 bits per heavy atom. The molecular weight excluding hydrogens is 420 g/mol. The molecule has 1 fully saturated rings. The lowest BCUT2D eigenvalue weighted by atomic mass is 10.1. The van der Waals surface area contributed by atoms with E-state index in [0.29, 0.717) is 38.3 Å². The predicted molar refractivity (Wildman–Crippen MR) is 119 cm³/mol. The second kappa shape index (κ2) is 10.4. The average molecular weight is 449 g/mol. The number of hydrogen-bond acceptors (Lipinski definition) is 5. The van der Waals surface area contributed by atoms with Gasteiger partial charge >= 0.3 is 0 Å². The number of carbonyl (C=O) groups is 1. The first kappa shape index (κ1) is 22.8. The van der Waals surface area contributed by atoms with E-state index in [2.05, 4.69) is 4.72 Å². The maximum Gasteiger partial charge on any atom is 0.255 e. The van der Waals surface area contributed by atoms with E-state index in [1.54, 1.807) is 17.0 Å². The number of sulfonamides is 1. The molecule has 1 aliphatic heterocycles. The van der Waals surface area contributed by atoms with Crippen LogP contribution in [0, 0.1) is 0 Å². The van der Waals surface area contributed by atoms with Crippen molar-refractivity contribution in [3.05, 3.63) is 59.7 Å². The highest BCUT2D eigenvalue weighted by Gasteiger charge is 2.24. The summed E-state index contributed by atoms with van der Waals surface area (Å²) in [7, 11) is -3.73. The number of amides is 1. The van der Waals surface area contributed by atoms with Gasteiger partial charge in [-0.2, -0.15) is 0 Å². The van der Waals surface area contributed by atoms with E-state index in [1.807, 2.05) is 43.5 Å². The van der Waals surface area contributed by atoms with Crippen molar-refractivity contribution in [2.45, 2.75) is 35.6 Å². The normalized spacial score (nSPS) is 15.7. The zero-order chi connectivity index (χ0) is 21.6. The van der Waals surface area contributed by atoms with E-state index < -0.39 is 10.0 Å². The highest BCUT2D eigenvalue weighted by Crippen LogP contribution is 2.25. The molecule has 0 bridgehead atoms. The molecule has 0 radical (unpaired) electrons. The van der Waals surface area contributed by atoms with Crippen molar-refractivity contribution in [3.8, 4) is 0 Å². The fourth-order valence-electron chi connectivity index (χ4n) is 3.38. The van der Waals surface area contributed by atoms with Crippen molar-refractivity contribution >= 4 is 27.7 Å². The molecule has 1 atom stereocenters. The van der Waals surface area contributed by atoms with Crippen molar-refractivity contribution in [2.75, 3.05) is 32.6 Å². The SMILES string of the molecule is CSc1ccc(S(=O)(=O)N[C@@H](C)CCc2ccccc2)cc1C(=O)N1CCOCC1. The minimum atomic E-state index is -3.73. The summed E-state index contributed by atoms with van der Waals surface area (Å²) in [6, 6.07) is 14.5. The third kappa shape index (κ3) is 5.85. The molecule has 0 unspecified atom stereocenters. The number of nitrogens with one attached hydrogen (secondary N) is 1. The number of ether oxygens (including phenoxy) is 1. The lowest BCUT2D eigenvalue weighted by Gasteiger charge is -2.27. The lowest BCUT2D eigenvalue weighted by Crippen LogP contribution is -2.41. The molecule has 1 heterocycles. The molecule has 1 N–H and O–H groups in total. The van der Waals surface area contributed by atoms with Crippen LogP contribution in [0.3, 0.4) is 0 Å². The van der Waals surface area contributed by atoms with Crippen LogP contribution in [0.15, 0.2) is 58.3 Å². The van der Waals surface area contributed by atoms with E-state index in [-0.39, 0.29) is 16.8 Å². The number of hydrogen-bond donors (Lipinski definition) is 1. The fourth-order valence-corrected chi connectivity index (χ4v) is 5.25. The summed E-state index contributed by atoms with van der Waals surface area (Å²) in [6.07, 6.45) is 3.35. The molecule has 1 saturated heterocycles. The fraction of sp³-hybridized carbons (Fsp3) is 0.409. The van der Waals surface area contributed by atoms with E-state index in [0.717, 1.165) is 11.3 Å². The first-order chi connectivity index (χ1) is 14.4. The minimum Gasteiger partial charge on any atom is -0.378 e. The van der Waals surface area contributed by atoms with Crippen LogP contribution in [-0.2, 0) is 21.2 Å². The van der Waals surface area contributed by atoms with Gasteiger partial charge in [-0.3, -0.25) is 4.79 Å². The third-order valence-electron chi connectivity index (χ3n) is 5.08. The summed E-state index contributed by atoms with van der Waals surface area (Å²) in [5.41, 5.74) is 1.59. The summed E-state index contributed by atoms with van der Waals surface area (Å²) in [5, 5.41) is 0. The summed E-state index contributed by atoms with van der Waals surface area (Å²) in [5.74, 6) is -0.156. The molecule has 2 aromatic carbocycles. The Kier molecular flexibility index (Phi) is 7.93. The summed E-state index contributed by atoms with van der Waals surface area (Å²) < 4.78 is 33.9. The number of rotatable bonds is 8. The van der Waals surface area contributed by atoms with Gasteiger partial charge < -0.3 is 9.64 Å². The number of carbonyl (C=O) groups excluding carboxylic acids is 1. The van der Waals surface area contributed by atoms with Crippen LogP contribution >= 0.6 is 11.8 Å². The second-order valence-corrected chi connectivity index (χ2v) is 9.88. The minimum absolute atomic E-state index is 0.114. The van der Waals surface area contributed by atoms with E-state index in [9.17, 15) is 13.2 Å². The number of aryl methyl sites for hydroxylation is 1. The number of morpholine rings is 1. The van der Waals surface area contributed by atoms with Gasteiger partial charge in [-0.15, -0.1) is 11.8 Å². The van der Waals surface area contributed by atoms with E-state index in [1.165, 1.54) is 23.4 Å². The molecule has 0 aromatic heterocycles. The zero-order valence-electron chi connectivity index (χ0n) is 17.3. The molecule has 2 aromatic rings. The Labute approximate surface area is 183 Å². The van der Waals surface area contributed by atoms with Crippen LogP contribution in [0.2, 0.25) is 0 Å². The second-order valence-electron chi connectivity index (χ2n) is 7.31. The maximum atomic E-state index is 13.0. The molecule has 162 valence electrons. The molecule has 8 heteroatoms. The van der Waals surface area contributed by atoms with Gasteiger partial charge in [-0.05, 0) is 49.8 Å². The van der Waals surface area contributed by atoms with Gasteiger partial charge in [0.25, 0.3) is 5.91 Å². The quantitative estimate of drug-likeness (QED) is 0.628. The average Bonchev–Trinajstić information content (AvgIpc) is 2.77. The van der Waals surface area contributed by atoms with Gasteiger partial charge in [-0.25, -0.2) is 13.1 Å². The molecule has 1 aliphatic rings. The van der Waals surface area contributed by atoms with Crippen LogP contribution in [0.1, 0.15) is 29.3 Å². The Bertz CT molecular complexity index is 958. The number of thioether (sulfide) groups is 1. The molecule has 3 rings (SSSR count). The molecule has 0 saturated carbocycles. The molecule has 1 amide bonds. The van der Waals surface area contributed by atoms with Crippen LogP contribution in [-0.4, -0.2) is 57.8 Å². The summed E-state index contributed by atoms with van der Waals surface area (Å²) in [6.45, 7) is 3.88. The highest BCUT2D eigenvalue weighted by molar-refractivity contribution is 7.98. The highest BCUT2D eigenvalue weighted by atomic mass is 32.2. The smallest absolute Gasteiger partial charge is 0.255 e. The van der Waals surface area contributed by atoms with Gasteiger partial charge in [0.2, 0.25) is 10.0 Å². The van der Waals surface area contributed by atoms with Crippen LogP contribution in [0.25, 0.3) is 0 Å². The summed E-state index contributed by atoms with van der Waals surface area (Å²) >= 11 is 1.43. The maximum absolute atomic E-state index is 13.0. The standard InChI is InChI=1S/C22H28N2O4S2/c1-17(8-9-18-6-4-3-5-7-18)23-30(26,27)19-10-11-21(29-2)20(16-19)22(25)24-12-14-28-15-13-24/h3-7,10-11,16-17,23H,8-9,12-15H2,1-2H3/t17-/m0/s1. The van der Waals surface area contributed by atoms with Gasteiger partial charge in [0.15, 0.2) is 0 Å². The van der Waals surface area contributed by atoms with Crippen molar-refractivity contribution < 1.29 is 17.9 Å². The molecule has 0 spiro atoms. The van der Waals surface area contributed by atoms with Gasteiger partial charge in [0.1, 0.15) is 0 Å². The summed E-state index contributed by atoms with van der Waals surface area (Å²) in [4.78, 5) is 15.6. The Hall–Kier alpha value is -1.87. The van der Waals surface area contributed by atoms with E-state index >= 15 is 0 Å². The van der Waals surface area contributed by atoms with Gasteiger partial charge in [0, 0.05) is 24.0 Å². The first-order valence-corrected chi connectivity index (χ1v) is 12.7. The third-order valence-corrected chi connectivity index (χ3v) is 7.46.